The summed E-state index contributed by atoms with van der Waals surface area (Å²) in [7, 11) is 0. The molecule has 1 aliphatic rings. The van der Waals surface area contributed by atoms with E-state index in [0.29, 0.717) is 30.2 Å². The third-order valence-corrected chi connectivity index (χ3v) is 4.54. The minimum Gasteiger partial charge on any atom is -0.383 e. The maximum Gasteiger partial charge on any atom is 0.161 e. The molecule has 0 aromatic carbocycles. The second-order valence-corrected chi connectivity index (χ2v) is 7.07. The molecule has 5 nitrogen and oxygen atoms in total. The molecule has 0 bridgehead atoms. The fraction of sp³-hybridized carbons (Fsp3) is 0.733. The number of nitrogen functional groups attached to an aromatic ring is 1. The molecule has 1 fully saturated rings. The molecule has 118 valence electrons. The lowest BCUT2D eigenvalue weighted by atomic mass is 10.1. The molecular formula is C15H25BrN4O. The molecule has 21 heavy (non-hydrogen) atoms. The van der Waals surface area contributed by atoms with E-state index >= 15 is 0 Å². The Labute approximate surface area is 135 Å². The van der Waals surface area contributed by atoms with E-state index in [0.717, 1.165) is 29.7 Å². The van der Waals surface area contributed by atoms with Crippen molar-refractivity contribution >= 4 is 21.7 Å². The largest absolute Gasteiger partial charge is 0.383 e. The number of aromatic nitrogens is 2. The number of anilines is 1. The minimum absolute atomic E-state index is 0.0949. The zero-order chi connectivity index (χ0) is 15.6. The number of nitrogens with zero attached hydrogens (tertiary/aromatic N) is 3. The minimum atomic E-state index is -0.0949. The standard InChI is InChI=1S/C15H25BrN4O/c1-9(2)7-11-13(16)14(17)19-15(18-11)12-8-20(10(3)4)5-6-21-12/h9-10,12H,5-8H2,1-4H3,(H2,17,18,19). The van der Waals surface area contributed by atoms with Crippen molar-refractivity contribution in [3.63, 3.8) is 0 Å². The molecular weight excluding hydrogens is 332 g/mol. The summed E-state index contributed by atoms with van der Waals surface area (Å²) >= 11 is 3.50. The summed E-state index contributed by atoms with van der Waals surface area (Å²) in [6, 6.07) is 0.499. The van der Waals surface area contributed by atoms with Gasteiger partial charge in [-0.25, -0.2) is 9.97 Å². The summed E-state index contributed by atoms with van der Waals surface area (Å²) in [5, 5.41) is 0. The molecule has 0 spiro atoms. The van der Waals surface area contributed by atoms with Gasteiger partial charge in [0.05, 0.1) is 16.8 Å². The van der Waals surface area contributed by atoms with E-state index in [-0.39, 0.29) is 6.10 Å². The van der Waals surface area contributed by atoms with Crippen LogP contribution in [0.3, 0.4) is 0 Å². The number of hydrogen-bond acceptors (Lipinski definition) is 5. The topological polar surface area (TPSA) is 64.3 Å². The van der Waals surface area contributed by atoms with E-state index in [4.69, 9.17) is 15.5 Å². The molecule has 1 aliphatic heterocycles. The second kappa shape index (κ2) is 7.03. The zero-order valence-corrected chi connectivity index (χ0v) is 14.9. The van der Waals surface area contributed by atoms with Gasteiger partial charge in [0.15, 0.2) is 5.82 Å². The van der Waals surface area contributed by atoms with E-state index < -0.39 is 0 Å². The second-order valence-electron chi connectivity index (χ2n) is 6.27. The molecule has 2 rings (SSSR count). The van der Waals surface area contributed by atoms with Crippen LogP contribution in [0.5, 0.6) is 0 Å². The maximum atomic E-state index is 6.03. The van der Waals surface area contributed by atoms with Gasteiger partial charge in [-0.2, -0.15) is 0 Å². The van der Waals surface area contributed by atoms with Crippen molar-refractivity contribution in [2.24, 2.45) is 5.92 Å². The Kier molecular flexibility index (Phi) is 5.57. The molecule has 0 radical (unpaired) electrons. The van der Waals surface area contributed by atoms with Crippen molar-refractivity contribution in [1.29, 1.82) is 0 Å². The van der Waals surface area contributed by atoms with Crippen LogP contribution in [0, 0.1) is 5.92 Å². The van der Waals surface area contributed by atoms with Gasteiger partial charge in [-0.05, 0) is 42.1 Å². The first kappa shape index (κ1) is 16.6. The Morgan fingerprint density at radius 1 is 1.33 bits per heavy atom. The van der Waals surface area contributed by atoms with Crippen LogP contribution < -0.4 is 5.73 Å². The third kappa shape index (κ3) is 4.14. The highest BCUT2D eigenvalue weighted by molar-refractivity contribution is 9.10. The summed E-state index contributed by atoms with van der Waals surface area (Å²) in [5.41, 5.74) is 7.00. The molecule has 2 heterocycles. The molecule has 1 unspecified atom stereocenters. The van der Waals surface area contributed by atoms with Crippen molar-refractivity contribution in [3.8, 4) is 0 Å². The average molecular weight is 357 g/mol. The van der Waals surface area contributed by atoms with Gasteiger partial charge in [-0.1, -0.05) is 13.8 Å². The number of nitrogens with two attached hydrogens (primary N) is 1. The van der Waals surface area contributed by atoms with Crippen LogP contribution in [0.1, 0.15) is 45.3 Å². The molecule has 1 aromatic rings. The van der Waals surface area contributed by atoms with Gasteiger partial charge in [0.2, 0.25) is 0 Å². The van der Waals surface area contributed by atoms with Gasteiger partial charge in [0.1, 0.15) is 11.9 Å². The molecule has 1 atom stereocenters. The highest BCUT2D eigenvalue weighted by Crippen LogP contribution is 2.27. The summed E-state index contributed by atoms with van der Waals surface area (Å²) in [5.74, 6) is 1.72. The third-order valence-electron chi connectivity index (χ3n) is 3.68. The van der Waals surface area contributed by atoms with Gasteiger partial charge >= 0.3 is 0 Å². The van der Waals surface area contributed by atoms with E-state index in [2.05, 4.69) is 53.5 Å². The Morgan fingerprint density at radius 3 is 2.67 bits per heavy atom. The van der Waals surface area contributed by atoms with Crippen molar-refractivity contribution in [3.05, 3.63) is 16.0 Å². The monoisotopic (exact) mass is 356 g/mol. The van der Waals surface area contributed by atoms with Crippen molar-refractivity contribution in [1.82, 2.24) is 14.9 Å². The first-order chi connectivity index (χ1) is 9.88. The van der Waals surface area contributed by atoms with Crippen LogP contribution in [0.25, 0.3) is 0 Å². The fourth-order valence-electron chi connectivity index (χ4n) is 2.49. The quantitative estimate of drug-likeness (QED) is 0.898. The Morgan fingerprint density at radius 2 is 2.05 bits per heavy atom. The van der Waals surface area contributed by atoms with Crippen LogP contribution in [0.4, 0.5) is 5.82 Å². The van der Waals surface area contributed by atoms with E-state index in [9.17, 15) is 0 Å². The van der Waals surface area contributed by atoms with E-state index in [1.54, 1.807) is 0 Å². The fourth-order valence-corrected chi connectivity index (χ4v) is 2.83. The summed E-state index contributed by atoms with van der Waals surface area (Å²) < 4.78 is 6.68. The summed E-state index contributed by atoms with van der Waals surface area (Å²) in [6.07, 6.45) is 0.781. The number of rotatable bonds is 4. The highest BCUT2D eigenvalue weighted by Gasteiger charge is 2.27. The predicted octanol–water partition coefficient (Wildman–Crippen LogP) is 2.80. The molecule has 6 heteroatoms. The van der Waals surface area contributed by atoms with Gasteiger partial charge in [-0.3, -0.25) is 4.90 Å². The first-order valence-corrected chi connectivity index (χ1v) is 8.35. The number of halogens is 1. The Balaban J connectivity index is 2.24. The predicted molar refractivity (Wildman–Crippen MR) is 88.1 cm³/mol. The van der Waals surface area contributed by atoms with Crippen LogP contribution >= 0.6 is 15.9 Å². The van der Waals surface area contributed by atoms with Crippen LogP contribution in [-0.2, 0) is 11.2 Å². The van der Waals surface area contributed by atoms with Gasteiger partial charge in [0.25, 0.3) is 0 Å². The molecule has 0 aliphatic carbocycles. The van der Waals surface area contributed by atoms with Gasteiger partial charge in [0, 0.05) is 19.1 Å². The summed E-state index contributed by atoms with van der Waals surface area (Å²) in [6.45, 7) is 11.2. The van der Waals surface area contributed by atoms with Gasteiger partial charge in [-0.15, -0.1) is 0 Å². The SMILES string of the molecule is CC(C)Cc1nc(C2CN(C(C)C)CCO2)nc(N)c1Br. The lowest BCUT2D eigenvalue weighted by Crippen LogP contribution is -2.42. The van der Waals surface area contributed by atoms with Gasteiger partial charge < -0.3 is 10.5 Å². The Hall–Kier alpha value is -0.720. The first-order valence-electron chi connectivity index (χ1n) is 7.56. The smallest absolute Gasteiger partial charge is 0.161 e. The molecule has 1 aromatic heterocycles. The molecule has 1 saturated heterocycles. The number of hydrogen-bond donors (Lipinski definition) is 1. The van der Waals surface area contributed by atoms with Crippen molar-refractivity contribution in [2.75, 3.05) is 25.4 Å². The van der Waals surface area contributed by atoms with Crippen molar-refractivity contribution in [2.45, 2.75) is 46.3 Å². The van der Waals surface area contributed by atoms with Crippen LogP contribution in [-0.4, -0.2) is 40.6 Å². The molecule has 2 N–H and O–H groups in total. The summed E-state index contributed by atoms with van der Waals surface area (Å²) in [4.78, 5) is 11.5. The normalized spacial score (nSPS) is 20.4. The molecule has 0 amide bonds. The lowest BCUT2D eigenvalue weighted by Gasteiger charge is -2.34. The van der Waals surface area contributed by atoms with Crippen molar-refractivity contribution < 1.29 is 4.74 Å². The maximum absolute atomic E-state index is 6.03. The lowest BCUT2D eigenvalue weighted by molar-refractivity contribution is -0.0443. The average Bonchev–Trinajstić information content (AvgIpc) is 2.43. The van der Waals surface area contributed by atoms with Crippen LogP contribution in [0.15, 0.2) is 4.47 Å². The molecule has 0 saturated carbocycles. The van der Waals surface area contributed by atoms with E-state index in [1.807, 2.05) is 0 Å². The van der Waals surface area contributed by atoms with Crippen LogP contribution in [0.2, 0.25) is 0 Å². The number of morpholine rings is 1. The number of ether oxygens (including phenoxy) is 1. The Bertz CT molecular complexity index is 493. The van der Waals surface area contributed by atoms with E-state index in [1.165, 1.54) is 0 Å². The zero-order valence-electron chi connectivity index (χ0n) is 13.3. The highest BCUT2D eigenvalue weighted by atomic mass is 79.9.